The van der Waals surface area contributed by atoms with Crippen LogP contribution in [-0.4, -0.2) is 5.71 Å². The summed E-state index contributed by atoms with van der Waals surface area (Å²) >= 11 is 0. The minimum atomic E-state index is 0.327. The first-order valence-corrected chi connectivity index (χ1v) is 6.67. The first-order chi connectivity index (χ1) is 8.04. The molecule has 0 aliphatic heterocycles. The third-order valence-electron chi connectivity index (χ3n) is 5.53. The maximum absolute atomic E-state index is 4.92. The van der Waals surface area contributed by atoms with Crippen molar-refractivity contribution < 1.29 is 0 Å². The minimum Gasteiger partial charge on any atom is -0.257 e. The zero-order valence-corrected chi connectivity index (χ0v) is 11.0. The number of aliphatic imine (C=N–C) groups is 1. The highest BCUT2D eigenvalue weighted by Crippen LogP contribution is 2.64. The molecule has 1 aromatic rings. The topological polar surface area (TPSA) is 12.4 Å². The van der Waals surface area contributed by atoms with Crippen LogP contribution in [0.25, 0.3) is 0 Å². The second-order valence-corrected chi connectivity index (χ2v) is 6.39. The molecule has 1 heteroatoms. The summed E-state index contributed by atoms with van der Waals surface area (Å²) in [5.41, 5.74) is 3.31. The summed E-state index contributed by atoms with van der Waals surface area (Å²) in [5.74, 6) is 0.843. The van der Waals surface area contributed by atoms with Crippen LogP contribution >= 0.6 is 0 Å². The van der Waals surface area contributed by atoms with E-state index in [1.54, 1.807) is 0 Å². The van der Waals surface area contributed by atoms with Gasteiger partial charge >= 0.3 is 0 Å². The molecule has 2 bridgehead atoms. The number of fused-ring (bicyclic) bond motifs is 2. The molecule has 0 radical (unpaired) electrons. The Balaban J connectivity index is 2.00. The molecule has 0 aromatic heterocycles. The number of rotatable bonds is 1. The summed E-state index contributed by atoms with van der Waals surface area (Å²) in [5, 5.41) is 0. The van der Waals surface area contributed by atoms with E-state index in [-0.39, 0.29) is 0 Å². The van der Waals surface area contributed by atoms with Crippen molar-refractivity contribution in [3.63, 3.8) is 0 Å². The van der Waals surface area contributed by atoms with E-state index in [2.05, 4.69) is 51.1 Å². The van der Waals surface area contributed by atoms with Gasteiger partial charge in [0.25, 0.3) is 0 Å². The van der Waals surface area contributed by atoms with Crippen LogP contribution in [0.5, 0.6) is 0 Å². The van der Waals surface area contributed by atoms with Gasteiger partial charge in [-0.3, -0.25) is 4.99 Å². The predicted molar refractivity (Wildman–Crippen MR) is 72.8 cm³/mol. The molecule has 2 aliphatic rings. The molecule has 2 atom stereocenters. The highest BCUT2D eigenvalue weighted by molar-refractivity contribution is 5.96. The molecule has 2 fully saturated rings. The van der Waals surface area contributed by atoms with E-state index in [1.807, 2.05) is 0 Å². The van der Waals surface area contributed by atoms with Crippen molar-refractivity contribution in [3.05, 3.63) is 30.3 Å². The van der Waals surface area contributed by atoms with E-state index in [0.29, 0.717) is 10.8 Å². The summed E-state index contributed by atoms with van der Waals surface area (Å²) in [6.07, 6.45) is 3.91. The Morgan fingerprint density at radius 1 is 1.12 bits per heavy atom. The Kier molecular flexibility index (Phi) is 2.23. The molecule has 0 heterocycles. The molecule has 90 valence electrons. The molecule has 2 aliphatic carbocycles. The fourth-order valence-electron chi connectivity index (χ4n) is 3.76. The lowest BCUT2D eigenvalue weighted by Gasteiger charge is -2.34. The van der Waals surface area contributed by atoms with Gasteiger partial charge in [-0.15, -0.1) is 0 Å². The standard InChI is InChI=1S/C16H21N/c1-15(2)12-9-10-16(15,3)14(11-12)17-13-7-5-4-6-8-13/h4-8,12H,9-11H2,1-3H3/t12-,16+/m1/s1. The molecule has 0 spiro atoms. The molecule has 0 N–H and O–H groups in total. The summed E-state index contributed by atoms with van der Waals surface area (Å²) < 4.78 is 0. The summed E-state index contributed by atoms with van der Waals surface area (Å²) in [4.78, 5) is 4.92. The van der Waals surface area contributed by atoms with Gasteiger partial charge in [-0.2, -0.15) is 0 Å². The van der Waals surface area contributed by atoms with Gasteiger partial charge in [0.05, 0.1) is 5.69 Å². The maximum atomic E-state index is 4.92. The van der Waals surface area contributed by atoms with Crippen molar-refractivity contribution in [2.24, 2.45) is 21.7 Å². The first kappa shape index (κ1) is 11.0. The van der Waals surface area contributed by atoms with Crippen molar-refractivity contribution in [2.45, 2.75) is 40.0 Å². The lowest BCUT2D eigenvalue weighted by molar-refractivity contribution is 0.194. The van der Waals surface area contributed by atoms with Crippen molar-refractivity contribution in [1.29, 1.82) is 0 Å². The highest BCUT2D eigenvalue weighted by Gasteiger charge is 2.59. The van der Waals surface area contributed by atoms with Crippen molar-refractivity contribution >= 4 is 11.4 Å². The molecule has 0 unspecified atom stereocenters. The SMILES string of the molecule is CC1(C)[C@@H]2CC[C@@]1(C)C(=Nc1ccccc1)C2. The van der Waals surface area contributed by atoms with E-state index in [9.17, 15) is 0 Å². The van der Waals surface area contributed by atoms with E-state index in [0.717, 1.165) is 11.6 Å². The van der Waals surface area contributed by atoms with Crippen LogP contribution in [0, 0.1) is 16.7 Å². The second kappa shape index (κ2) is 3.44. The number of nitrogens with zero attached hydrogens (tertiary/aromatic N) is 1. The average Bonchev–Trinajstić information content (AvgIpc) is 2.63. The second-order valence-electron chi connectivity index (χ2n) is 6.39. The fraction of sp³-hybridized carbons (Fsp3) is 0.562. The largest absolute Gasteiger partial charge is 0.257 e. The number of benzene rings is 1. The molecule has 0 amide bonds. The van der Waals surface area contributed by atoms with Crippen molar-refractivity contribution in [1.82, 2.24) is 0 Å². The van der Waals surface area contributed by atoms with Gasteiger partial charge in [0, 0.05) is 11.1 Å². The average molecular weight is 227 g/mol. The van der Waals surface area contributed by atoms with Gasteiger partial charge < -0.3 is 0 Å². The first-order valence-electron chi connectivity index (χ1n) is 6.67. The molecule has 2 saturated carbocycles. The molecule has 0 saturated heterocycles. The molecule has 3 rings (SSSR count). The molecular formula is C16H21N. The molecule has 1 nitrogen and oxygen atoms in total. The van der Waals surface area contributed by atoms with Crippen LogP contribution in [0.2, 0.25) is 0 Å². The van der Waals surface area contributed by atoms with Crippen LogP contribution in [-0.2, 0) is 0 Å². The van der Waals surface area contributed by atoms with Gasteiger partial charge in [-0.1, -0.05) is 39.0 Å². The van der Waals surface area contributed by atoms with E-state index < -0.39 is 0 Å². The molecule has 17 heavy (non-hydrogen) atoms. The highest BCUT2D eigenvalue weighted by atomic mass is 14.8. The van der Waals surface area contributed by atoms with Gasteiger partial charge in [0.2, 0.25) is 0 Å². The van der Waals surface area contributed by atoms with Crippen LogP contribution < -0.4 is 0 Å². The number of hydrogen-bond donors (Lipinski definition) is 0. The summed E-state index contributed by atoms with van der Waals surface area (Å²) in [6.45, 7) is 7.28. The monoisotopic (exact) mass is 227 g/mol. The Morgan fingerprint density at radius 3 is 2.35 bits per heavy atom. The quantitative estimate of drug-likeness (QED) is 0.664. The van der Waals surface area contributed by atoms with Crippen molar-refractivity contribution in [3.8, 4) is 0 Å². The van der Waals surface area contributed by atoms with E-state index in [1.165, 1.54) is 25.0 Å². The third kappa shape index (κ3) is 1.41. The van der Waals surface area contributed by atoms with Gasteiger partial charge in [-0.25, -0.2) is 0 Å². The van der Waals surface area contributed by atoms with Crippen LogP contribution in [0.1, 0.15) is 40.0 Å². The zero-order valence-electron chi connectivity index (χ0n) is 11.0. The Morgan fingerprint density at radius 2 is 1.82 bits per heavy atom. The third-order valence-corrected chi connectivity index (χ3v) is 5.53. The normalized spacial score (nSPS) is 36.6. The predicted octanol–water partition coefficient (Wildman–Crippen LogP) is 4.61. The Hall–Kier alpha value is -1.11. The summed E-state index contributed by atoms with van der Waals surface area (Å²) in [7, 11) is 0. The van der Waals surface area contributed by atoms with Crippen LogP contribution in [0.15, 0.2) is 35.3 Å². The zero-order chi connectivity index (χ0) is 12.1. The Bertz CT molecular complexity index is 458. The maximum Gasteiger partial charge on any atom is 0.0629 e. The van der Waals surface area contributed by atoms with Crippen LogP contribution in [0.3, 0.4) is 0 Å². The number of hydrogen-bond acceptors (Lipinski definition) is 1. The molecule has 1 aromatic carbocycles. The van der Waals surface area contributed by atoms with E-state index >= 15 is 0 Å². The lowest BCUT2D eigenvalue weighted by atomic mass is 9.70. The number of para-hydroxylation sites is 1. The van der Waals surface area contributed by atoms with Crippen molar-refractivity contribution in [2.75, 3.05) is 0 Å². The van der Waals surface area contributed by atoms with Crippen LogP contribution in [0.4, 0.5) is 5.69 Å². The minimum absolute atomic E-state index is 0.327. The Labute approximate surface area is 104 Å². The van der Waals surface area contributed by atoms with Gasteiger partial charge in [0.15, 0.2) is 0 Å². The lowest BCUT2D eigenvalue weighted by Crippen LogP contribution is -2.32. The van der Waals surface area contributed by atoms with E-state index in [4.69, 9.17) is 4.99 Å². The summed E-state index contributed by atoms with van der Waals surface area (Å²) in [6, 6.07) is 10.4. The fourth-order valence-corrected chi connectivity index (χ4v) is 3.76. The van der Waals surface area contributed by atoms with Gasteiger partial charge in [0.1, 0.15) is 0 Å². The van der Waals surface area contributed by atoms with Gasteiger partial charge in [-0.05, 0) is 42.7 Å². The smallest absolute Gasteiger partial charge is 0.0629 e. The molecular weight excluding hydrogens is 206 g/mol.